The molecule has 1 aromatic carbocycles. The summed E-state index contributed by atoms with van der Waals surface area (Å²) >= 11 is 0. The van der Waals surface area contributed by atoms with E-state index in [2.05, 4.69) is 20.3 Å². The molecule has 186 valence electrons. The molecule has 1 aromatic rings. The summed E-state index contributed by atoms with van der Waals surface area (Å²) in [5.74, 6) is 0.491. The fraction of sp³-hybridized carbons (Fsp3) is 0.444. The number of hydrogen-bond donors (Lipinski definition) is 3. The van der Waals surface area contributed by atoms with Crippen LogP contribution in [0.1, 0.15) is 33.1 Å². The number of carbonyl (C=O) groups excluding carboxylic acids is 1. The number of aliphatic imine (C=N–C) groups is 1. The Morgan fingerprint density at radius 2 is 1.73 bits per heavy atom. The topological polar surface area (TPSA) is 112 Å². The van der Waals surface area contributed by atoms with E-state index in [0.717, 1.165) is 18.8 Å². The molecular formula is C18H26F6N7OP. The summed E-state index contributed by atoms with van der Waals surface area (Å²) in [5, 5.41) is 6.94. The van der Waals surface area contributed by atoms with Gasteiger partial charge in [0.25, 0.3) is 0 Å². The van der Waals surface area contributed by atoms with Gasteiger partial charge in [-0.05, 0) is 51.3 Å². The average Bonchev–Trinajstić information content (AvgIpc) is 3.01. The standard InChI is InChI=1S/C18H25N7O.F6P/c1-12(2)25-17(19)16(11-21-25)22-14-7-6-13(10-15(14)23-18(20)26)24-8-4-3-5-9-24;1-7(2,3,4,5)6/h6-7,10-12H,3-5,8-9H2,1-2H3,(H4,19,20,21,23,26);/q;-1/p+1. The molecule has 1 fully saturated rings. The first kappa shape index (κ1) is 26.4. The number of carbonyl (C=O) groups is 1. The van der Waals surface area contributed by atoms with E-state index in [-0.39, 0.29) is 6.04 Å². The van der Waals surface area contributed by atoms with E-state index >= 15 is 0 Å². The predicted octanol–water partition coefficient (Wildman–Crippen LogP) is 5.40. The number of benzene rings is 1. The first-order valence-electron chi connectivity index (χ1n) is 9.97. The number of hydrazone groups is 1. The molecule has 0 atom stereocenters. The van der Waals surface area contributed by atoms with Gasteiger partial charge in [0.15, 0.2) is 5.71 Å². The van der Waals surface area contributed by atoms with Crippen molar-refractivity contribution in [3.63, 3.8) is 0 Å². The van der Waals surface area contributed by atoms with E-state index in [9.17, 15) is 30.0 Å². The quantitative estimate of drug-likeness (QED) is 0.292. The molecule has 0 spiro atoms. The van der Waals surface area contributed by atoms with Gasteiger partial charge in [-0.2, -0.15) is 0 Å². The third-order valence-electron chi connectivity index (χ3n) is 4.50. The molecule has 2 heterocycles. The monoisotopic (exact) mass is 501 g/mol. The third-order valence-corrected chi connectivity index (χ3v) is 4.50. The van der Waals surface area contributed by atoms with Crippen LogP contribution in [0.5, 0.6) is 0 Å². The molecule has 8 nitrogen and oxygen atoms in total. The van der Waals surface area contributed by atoms with Gasteiger partial charge < -0.3 is 16.0 Å². The maximum absolute atomic E-state index is 11.4. The normalized spacial score (nSPS) is 19.8. The Morgan fingerprint density at radius 3 is 2.21 bits per heavy atom. The van der Waals surface area contributed by atoms with Gasteiger partial charge in [0.2, 0.25) is 0 Å². The molecule has 0 bridgehead atoms. The Labute approximate surface area is 186 Å². The summed E-state index contributed by atoms with van der Waals surface area (Å²) in [6.45, 7) is 6.03. The molecule has 15 heteroatoms. The molecule has 0 saturated carbocycles. The van der Waals surface area contributed by atoms with Crippen LogP contribution in [0.3, 0.4) is 0 Å². The summed E-state index contributed by atoms with van der Waals surface area (Å²) in [6.07, 6.45) is 5.24. The van der Waals surface area contributed by atoms with Crippen molar-refractivity contribution in [2.45, 2.75) is 39.2 Å². The van der Waals surface area contributed by atoms with Gasteiger partial charge in [-0.15, -0.1) is 4.68 Å². The van der Waals surface area contributed by atoms with Crippen LogP contribution in [0.25, 0.3) is 0 Å². The predicted molar refractivity (Wildman–Crippen MR) is 119 cm³/mol. The summed E-state index contributed by atoms with van der Waals surface area (Å²) < 4.78 is 60.9. The molecule has 0 radical (unpaired) electrons. The van der Waals surface area contributed by atoms with Crippen LogP contribution >= 0.6 is 7.81 Å². The second-order valence-electron chi connectivity index (χ2n) is 7.76. The van der Waals surface area contributed by atoms with E-state index in [1.54, 1.807) is 10.9 Å². The van der Waals surface area contributed by atoms with Crippen molar-refractivity contribution >= 4 is 48.7 Å². The number of primary amides is 1. The van der Waals surface area contributed by atoms with E-state index < -0.39 is 13.8 Å². The van der Waals surface area contributed by atoms with E-state index in [0.29, 0.717) is 22.9 Å². The van der Waals surface area contributed by atoms with Crippen LogP contribution in [0, 0.1) is 0 Å². The molecule has 2 aliphatic heterocycles. The van der Waals surface area contributed by atoms with Gasteiger partial charge in [-0.1, -0.05) is 5.10 Å². The minimum atomic E-state index is -10.7. The Bertz CT molecular complexity index is 989. The number of nitrogens with zero attached hydrogens (tertiary/aromatic N) is 4. The van der Waals surface area contributed by atoms with Crippen LogP contribution in [0.2, 0.25) is 0 Å². The summed E-state index contributed by atoms with van der Waals surface area (Å²) in [4.78, 5) is 18.3. The van der Waals surface area contributed by atoms with E-state index in [1.807, 2.05) is 32.0 Å². The molecule has 2 amide bonds. The molecule has 2 aliphatic rings. The number of nitrogens with two attached hydrogens (primary N) is 2. The number of piperidine rings is 1. The van der Waals surface area contributed by atoms with Crippen molar-refractivity contribution in [2.75, 3.05) is 23.3 Å². The van der Waals surface area contributed by atoms with Crippen molar-refractivity contribution in [1.29, 1.82) is 0 Å². The number of amidine groups is 1. The van der Waals surface area contributed by atoms with Crippen molar-refractivity contribution in [3.8, 4) is 0 Å². The van der Waals surface area contributed by atoms with Crippen LogP contribution in [-0.2, 0) is 0 Å². The van der Waals surface area contributed by atoms with E-state index in [1.165, 1.54) is 19.3 Å². The van der Waals surface area contributed by atoms with Gasteiger partial charge in [0, 0.05) is 18.8 Å². The molecule has 0 aliphatic carbocycles. The summed E-state index contributed by atoms with van der Waals surface area (Å²) in [6, 6.07) is 5.32. The number of nitrogens with one attached hydrogen (secondary N) is 1. The third kappa shape index (κ3) is 9.64. The van der Waals surface area contributed by atoms with Crippen LogP contribution in [0.4, 0.5) is 47.0 Å². The number of anilines is 2. The Hall–Kier alpha value is -2.89. The molecule has 0 aromatic heterocycles. The van der Waals surface area contributed by atoms with Crippen molar-refractivity contribution in [2.24, 2.45) is 21.6 Å². The molecule has 3 rings (SSSR count). The van der Waals surface area contributed by atoms with Crippen molar-refractivity contribution in [1.82, 2.24) is 0 Å². The zero-order chi connectivity index (χ0) is 25.1. The Kier molecular flexibility index (Phi) is 7.03. The second-order valence-corrected chi connectivity index (χ2v) is 9.68. The fourth-order valence-electron chi connectivity index (χ4n) is 3.19. The Morgan fingerprint density at radius 1 is 1.15 bits per heavy atom. The van der Waals surface area contributed by atoms with Crippen LogP contribution < -0.4 is 21.7 Å². The Balaban J connectivity index is 0.000000479. The molecule has 5 N–H and O–H groups in total. The number of urea groups is 1. The van der Waals surface area contributed by atoms with Gasteiger partial charge >= 0.3 is 44.9 Å². The van der Waals surface area contributed by atoms with Gasteiger partial charge in [-0.3, -0.25) is 5.73 Å². The molecular weight excluding hydrogens is 475 g/mol. The van der Waals surface area contributed by atoms with Crippen LogP contribution in [-0.4, -0.2) is 47.6 Å². The summed E-state index contributed by atoms with van der Waals surface area (Å²) in [5.41, 5.74) is 14.3. The molecule has 0 unspecified atom stereocenters. The first-order chi connectivity index (χ1) is 14.9. The average molecular weight is 501 g/mol. The number of halogens is 6. The zero-order valence-electron chi connectivity index (χ0n) is 18.0. The second kappa shape index (κ2) is 8.81. The molecule has 33 heavy (non-hydrogen) atoms. The zero-order valence-corrected chi connectivity index (χ0v) is 18.9. The van der Waals surface area contributed by atoms with Gasteiger partial charge in [-0.25, -0.2) is 9.79 Å². The van der Waals surface area contributed by atoms with E-state index in [4.69, 9.17) is 11.5 Å². The van der Waals surface area contributed by atoms with Crippen molar-refractivity contribution < 1.29 is 34.7 Å². The number of amides is 2. The van der Waals surface area contributed by atoms with Gasteiger partial charge in [0.1, 0.15) is 12.3 Å². The fourth-order valence-corrected chi connectivity index (χ4v) is 3.19. The minimum absolute atomic E-state index is 0.142. The molecule has 1 saturated heterocycles. The van der Waals surface area contributed by atoms with Gasteiger partial charge in [0.05, 0.1) is 11.4 Å². The van der Waals surface area contributed by atoms with Crippen molar-refractivity contribution in [3.05, 3.63) is 18.2 Å². The number of hydrogen-bond acceptors (Lipinski definition) is 5. The first-order valence-corrected chi connectivity index (χ1v) is 12.0. The van der Waals surface area contributed by atoms with Crippen LogP contribution in [0.15, 0.2) is 28.3 Å². The summed E-state index contributed by atoms with van der Waals surface area (Å²) in [7, 11) is -10.7. The number of rotatable bonds is 4. The maximum atomic E-state index is 11.4. The SMILES string of the molecule is CC(C)[N+]1=C(N)C(=Nc2ccc(N3CCCCC3)cc2NC(N)=O)C=N1.F[P-](F)(F)(F)(F)F.